The molecule has 0 aromatic heterocycles. The maximum atomic E-state index is 7.47. The summed E-state index contributed by atoms with van der Waals surface area (Å²) in [6.07, 6.45) is 0. The molecule has 0 aliphatic carbocycles. The average Bonchev–Trinajstić information content (AvgIpc) is 2.10. The molecule has 0 bridgehead atoms. The maximum absolute atomic E-state index is 7.47. The number of rotatable bonds is 2. The lowest BCUT2D eigenvalue weighted by Crippen LogP contribution is -2.04. The van der Waals surface area contributed by atoms with Crippen LogP contribution < -0.4 is 0 Å². The summed E-state index contributed by atoms with van der Waals surface area (Å²) in [5.74, 6) is 0.112. The van der Waals surface area contributed by atoms with Gasteiger partial charge in [-0.25, -0.2) is 0 Å². The van der Waals surface area contributed by atoms with Crippen LogP contribution in [-0.4, -0.2) is 12.5 Å². The van der Waals surface area contributed by atoms with E-state index in [9.17, 15) is 0 Å². The third-order valence-electron chi connectivity index (χ3n) is 1.47. The van der Waals surface area contributed by atoms with Crippen LogP contribution in [0.25, 0.3) is 0 Å². The number of benzene rings is 1. The second kappa shape index (κ2) is 6.12. The van der Waals surface area contributed by atoms with Crippen LogP contribution in [0.4, 0.5) is 0 Å². The molecule has 1 aromatic rings. The normalized spacial score (nSPS) is 9.07. The van der Waals surface area contributed by atoms with Gasteiger partial charge in [0.2, 0.25) is 5.90 Å². The third-order valence-corrected chi connectivity index (χ3v) is 2.21. The Kier molecular flexibility index (Phi) is 5.93. The Labute approximate surface area is 99.1 Å². The first-order valence-corrected chi connectivity index (χ1v) is 4.57. The first-order valence-electron chi connectivity index (χ1n) is 3.82. The van der Waals surface area contributed by atoms with E-state index in [-0.39, 0.29) is 18.3 Å². The van der Waals surface area contributed by atoms with E-state index < -0.39 is 0 Å². The highest BCUT2D eigenvalue weighted by Gasteiger charge is 2.04. The molecule has 0 atom stereocenters. The van der Waals surface area contributed by atoms with Crippen LogP contribution in [-0.2, 0) is 4.74 Å². The highest BCUT2D eigenvalue weighted by Crippen LogP contribution is 2.22. The summed E-state index contributed by atoms with van der Waals surface area (Å²) in [7, 11) is 0. The Morgan fingerprint density at radius 2 is 2.00 bits per heavy atom. The van der Waals surface area contributed by atoms with E-state index in [0.717, 1.165) is 0 Å². The van der Waals surface area contributed by atoms with E-state index in [1.54, 1.807) is 18.2 Å². The van der Waals surface area contributed by atoms with E-state index in [1.165, 1.54) is 0 Å². The van der Waals surface area contributed by atoms with E-state index in [4.69, 9.17) is 33.3 Å². The quantitative estimate of drug-likeness (QED) is 0.632. The van der Waals surface area contributed by atoms with Crippen molar-refractivity contribution in [2.45, 2.75) is 6.92 Å². The van der Waals surface area contributed by atoms with Crippen LogP contribution in [0.15, 0.2) is 18.2 Å². The lowest BCUT2D eigenvalue weighted by Gasteiger charge is -2.05. The third kappa shape index (κ3) is 3.37. The molecule has 0 spiro atoms. The van der Waals surface area contributed by atoms with Crippen LogP contribution >= 0.6 is 35.6 Å². The Morgan fingerprint density at radius 1 is 1.36 bits per heavy atom. The van der Waals surface area contributed by atoms with Crippen LogP contribution in [0, 0.1) is 5.41 Å². The lowest BCUT2D eigenvalue weighted by molar-refractivity contribution is 0.325. The van der Waals surface area contributed by atoms with E-state index >= 15 is 0 Å². The van der Waals surface area contributed by atoms with Gasteiger partial charge in [-0.2, -0.15) is 0 Å². The molecule has 5 heteroatoms. The fourth-order valence-electron chi connectivity index (χ4n) is 0.865. The number of nitrogens with one attached hydrogen (secondary N) is 1. The smallest absolute Gasteiger partial charge is 0.213 e. The number of hydrogen-bond acceptors (Lipinski definition) is 2. The zero-order valence-electron chi connectivity index (χ0n) is 7.51. The Bertz CT molecular complexity index is 328. The van der Waals surface area contributed by atoms with Gasteiger partial charge in [-0.05, 0) is 25.1 Å². The number of halogens is 3. The van der Waals surface area contributed by atoms with Crippen molar-refractivity contribution < 1.29 is 4.74 Å². The summed E-state index contributed by atoms with van der Waals surface area (Å²) < 4.78 is 5.00. The van der Waals surface area contributed by atoms with Crippen LogP contribution in [0.3, 0.4) is 0 Å². The zero-order valence-corrected chi connectivity index (χ0v) is 9.84. The first-order chi connectivity index (χ1) is 6.15. The number of hydrogen-bond donors (Lipinski definition) is 1. The average molecular weight is 255 g/mol. The van der Waals surface area contributed by atoms with Crippen LogP contribution in [0.1, 0.15) is 12.5 Å². The molecule has 0 aliphatic heterocycles. The molecule has 78 valence electrons. The Morgan fingerprint density at radius 3 is 2.50 bits per heavy atom. The van der Waals surface area contributed by atoms with Gasteiger partial charge in [-0.15, -0.1) is 12.4 Å². The monoisotopic (exact) mass is 253 g/mol. The SMILES string of the molecule is CCOC(=N)c1ccc(Cl)c(Cl)c1.Cl. The molecule has 0 unspecified atom stereocenters. The fourth-order valence-corrected chi connectivity index (χ4v) is 1.16. The van der Waals surface area contributed by atoms with Crippen LogP contribution in [0.2, 0.25) is 10.0 Å². The van der Waals surface area contributed by atoms with Gasteiger partial charge < -0.3 is 4.74 Å². The second-order valence-corrected chi connectivity index (χ2v) is 3.21. The van der Waals surface area contributed by atoms with Gasteiger partial charge in [-0.1, -0.05) is 23.2 Å². The lowest BCUT2D eigenvalue weighted by atomic mass is 10.2. The molecule has 0 heterocycles. The molecule has 0 saturated carbocycles. The molecule has 1 aromatic carbocycles. The molecule has 0 radical (unpaired) electrons. The standard InChI is InChI=1S/C9H9Cl2NO.ClH/c1-2-13-9(12)6-3-4-7(10)8(11)5-6;/h3-5,12H,2H2,1H3;1H. The van der Waals surface area contributed by atoms with Crippen molar-refractivity contribution in [2.75, 3.05) is 6.61 Å². The molecule has 1 N–H and O–H groups in total. The Balaban J connectivity index is 0.00000169. The maximum Gasteiger partial charge on any atom is 0.213 e. The van der Waals surface area contributed by atoms with E-state index in [1.807, 2.05) is 6.92 Å². The summed E-state index contributed by atoms with van der Waals surface area (Å²) in [5.41, 5.74) is 0.635. The molecular formula is C9H10Cl3NO. The molecule has 0 saturated heterocycles. The topological polar surface area (TPSA) is 33.1 Å². The summed E-state index contributed by atoms with van der Waals surface area (Å²) >= 11 is 11.5. The minimum Gasteiger partial charge on any atom is -0.478 e. The van der Waals surface area contributed by atoms with Crippen molar-refractivity contribution in [1.29, 1.82) is 5.41 Å². The van der Waals surface area contributed by atoms with Crippen molar-refractivity contribution in [2.24, 2.45) is 0 Å². The second-order valence-electron chi connectivity index (χ2n) is 2.39. The zero-order chi connectivity index (χ0) is 9.84. The van der Waals surface area contributed by atoms with Crippen molar-refractivity contribution in [1.82, 2.24) is 0 Å². The molecule has 0 amide bonds. The predicted octanol–water partition coefficient (Wildman–Crippen LogP) is 3.78. The van der Waals surface area contributed by atoms with Crippen molar-refractivity contribution in [3.63, 3.8) is 0 Å². The minimum absolute atomic E-state index is 0. The summed E-state index contributed by atoms with van der Waals surface area (Å²) in [6, 6.07) is 4.96. The van der Waals surface area contributed by atoms with Gasteiger partial charge in [0.05, 0.1) is 16.7 Å². The van der Waals surface area contributed by atoms with Crippen molar-refractivity contribution in [3.05, 3.63) is 33.8 Å². The highest BCUT2D eigenvalue weighted by molar-refractivity contribution is 6.42. The highest BCUT2D eigenvalue weighted by atomic mass is 35.5. The number of ether oxygens (including phenoxy) is 1. The van der Waals surface area contributed by atoms with Crippen LogP contribution in [0.5, 0.6) is 0 Å². The largest absolute Gasteiger partial charge is 0.478 e. The minimum atomic E-state index is 0. The Hall–Kier alpha value is -0.440. The van der Waals surface area contributed by atoms with Crippen molar-refractivity contribution in [3.8, 4) is 0 Å². The van der Waals surface area contributed by atoms with Gasteiger partial charge in [-0.3, -0.25) is 5.41 Å². The molecule has 0 fully saturated rings. The van der Waals surface area contributed by atoms with E-state index in [0.29, 0.717) is 22.2 Å². The predicted molar refractivity (Wildman–Crippen MR) is 62.2 cm³/mol. The van der Waals surface area contributed by atoms with E-state index in [2.05, 4.69) is 0 Å². The summed E-state index contributed by atoms with van der Waals surface area (Å²) in [6.45, 7) is 2.30. The molecule has 2 nitrogen and oxygen atoms in total. The molecular weight excluding hydrogens is 244 g/mol. The van der Waals surface area contributed by atoms with Gasteiger partial charge in [0.15, 0.2) is 0 Å². The molecule has 14 heavy (non-hydrogen) atoms. The van der Waals surface area contributed by atoms with Gasteiger partial charge in [0.1, 0.15) is 0 Å². The molecule has 1 rings (SSSR count). The van der Waals surface area contributed by atoms with Gasteiger partial charge in [0.25, 0.3) is 0 Å². The summed E-state index contributed by atoms with van der Waals surface area (Å²) in [5, 5.41) is 8.39. The first kappa shape index (κ1) is 13.6. The fraction of sp³-hybridized carbons (Fsp3) is 0.222. The van der Waals surface area contributed by atoms with Gasteiger partial charge in [0, 0.05) is 5.56 Å². The van der Waals surface area contributed by atoms with Crippen molar-refractivity contribution >= 4 is 41.5 Å². The van der Waals surface area contributed by atoms with Gasteiger partial charge >= 0.3 is 0 Å². The summed E-state index contributed by atoms with van der Waals surface area (Å²) in [4.78, 5) is 0. The molecule has 0 aliphatic rings.